The van der Waals surface area contributed by atoms with E-state index < -0.39 is 28.1 Å². The number of carbonyl (C=O) groups is 2. The van der Waals surface area contributed by atoms with Crippen molar-refractivity contribution in [3.8, 4) is 0 Å². The first-order valence-electron chi connectivity index (χ1n) is 10.1. The molecule has 2 aromatic rings. The number of hydrogen-bond acceptors (Lipinski definition) is 6. The van der Waals surface area contributed by atoms with E-state index >= 15 is 0 Å². The van der Waals surface area contributed by atoms with Crippen molar-refractivity contribution in [1.82, 2.24) is 24.5 Å². The molecule has 1 fully saturated rings. The largest absolute Gasteiger partial charge is 0.360 e. The fourth-order valence-corrected chi connectivity index (χ4v) is 4.74. The minimum Gasteiger partial charge on any atom is -0.360 e. The molecule has 1 saturated heterocycles. The summed E-state index contributed by atoms with van der Waals surface area (Å²) in [5, 5.41) is 5.02. The molecule has 0 spiro atoms. The van der Waals surface area contributed by atoms with E-state index in [0.717, 1.165) is 5.56 Å². The molecule has 1 aromatic carbocycles. The summed E-state index contributed by atoms with van der Waals surface area (Å²) in [4.78, 5) is 28.2. The highest BCUT2D eigenvalue weighted by Crippen LogP contribution is 2.22. The monoisotopic (exact) mass is 449 g/mol. The van der Waals surface area contributed by atoms with Crippen molar-refractivity contribution in [2.45, 2.75) is 37.4 Å². The van der Waals surface area contributed by atoms with Crippen LogP contribution in [0.3, 0.4) is 0 Å². The predicted octanol–water partition coefficient (Wildman–Crippen LogP) is 0.251. The number of amides is 2. The lowest BCUT2D eigenvalue weighted by Gasteiger charge is -2.34. The molecule has 2 amide bonds. The summed E-state index contributed by atoms with van der Waals surface area (Å²) in [6.07, 6.45) is 5.47. The molecule has 0 radical (unpaired) electrons. The van der Waals surface area contributed by atoms with Crippen LogP contribution in [0.5, 0.6) is 0 Å². The maximum atomic E-state index is 13.0. The number of nitrogens with one attached hydrogen (secondary N) is 2. The normalized spacial score (nSPS) is 17.3. The highest BCUT2D eigenvalue weighted by atomic mass is 32.2. The van der Waals surface area contributed by atoms with Crippen LogP contribution in [0.1, 0.15) is 18.4 Å². The number of hydrogen-bond donors (Lipinski definition) is 2. The number of benzene rings is 1. The average molecular weight is 450 g/mol. The molecule has 31 heavy (non-hydrogen) atoms. The zero-order chi connectivity index (χ0) is 22.3. The molecule has 0 aliphatic carbocycles. The molecule has 1 aliphatic heterocycles. The van der Waals surface area contributed by atoms with E-state index in [4.69, 9.17) is 4.74 Å². The third-order valence-electron chi connectivity index (χ3n) is 4.86. The molecule has 0 bridgehead atoms. The van der Waals surface area contributed by atoms with Crippen molar-refractivity contribution in [1.29, 1.82) is 0 Å². The predicted molar refractivity (Wildman–Crippen MR) is 112 cm³/mol. The van der Waals surface area contributed by atoms with Crippen LogP contribution in [0.2, 0.25) is 0 Å². The third-order valence-corrected chi connectivity index (χ3v) is 6.77. The van der Waals surface area contributed by atoms with E-state index in [1.54, 1.807) is 36.8 Å². The van der Waals surface area contributed by atoms with Crippen LogP contribution in [-0.2, 0) is 30.9 Å². The van der Waals surface area contributed by atoms with E-state index in [9.17, 15) is 18.0 Å². The first-order chi connectivity index (χ1) is 14.9. The van der Waals surface area contributed by atoms with Crippen molar-refractivity contribution >= 4 is 21.8 Å². The molecule has 1 aromatic heterocycles. The molecule has 3 rings (SSSR count). The Morgan fingerprint density at radius 2 is 1.94 bits per heavy atom. The first kappa shape index (κ1) is 22.9. The SMILES string of the molecule is Cc1ccc(S(=O)(=O)N2CCCO[C@H]2CNC(=O)C(=O)NCCCn2ccnc2)cc1. The highest BCUT2D eigenvalue weighted by molar-refractivity contribution is 7.89. The molecule has 0 unspecified atom stereocenters. The molecule has 1 aliphatic rings. The number of aromatic nitrogens is 2. The Morgan fingerprint density at radius 1 is 1.19 bits per heavy atom. The number of carbonyl (C=O) groups excluding carboxylic acids is 2. The van der Waals surface area contributed by atoms with Gasteiger partial charge in [0.25, 0.3) is 0 Å². The maximum absolute atomic E-state index is 13.0. The molecule has 1 atom stereocenters. The van der Waals surface area contributed by atoms with Crippen molar-refractivity contribution < 1.29 is 22.7 Å². The quantitative estimate of drug-likeness (QED) is 0.440. The number of sulfonamides is 1. The minimum atomic E-state index is -3.79. The maximum Gasteiger partial charge on any atom is 0.309 e. The van der Waals surface area contributed by atoms with Gasteiger partial charge < -0.3 is 19.9 Å². The lowest BCUT2D eigenvalue weighted by atomic mass is 10.2. The van der Waals surface area contributed by atoms with Crippen LogP contribution >= 0.6 is 0 Å². The lowest BCUT2D eigenvalue weighted by molar-refractivity contribution is -0.140. The van der Waals surface area contributed by atoms with Gasteiger partial charge in [-0.1, -0.05) is 17.7 Å². The molecular formula is C20H27N5O5S. The average Bonchev–Trinajstić information content (AvgIpc) is 3.29. The van der Waals surface area contributed by atoms with Gasteiger partial charge in [0.05, 0.1) is 24.4 Å². The van der Waals surface area contributed by atoms with E-state index in [0.29, 0.717) is 32.5 Å². The molecule has 2 N–H and O–H groups in total. The molecule has 11 heteroatoms. The Bertz CT molecular complexity index is 976. The Balaban J connectivity index is 1.50. The van der Waals surface area contributed by atoms with Crippen molar-refractivity contribution in [2.24, 2.45) is 0 Å². The zero-order valence-corrected chi connectivity index (χ0v) is 18.2. The molecule has 2 heterocycles. The summed E-state index contributed by atoms with van der Waals surface area (Å²) in [6, 6.07) is 6.55. The van der Waals surface area contributed by atoms with E-state index in [-0.39, 0.29) is 18.0 Å². The number of nitrogens with zero attached hydrogens (tertiary/aromatic N) is 3. The Kier molecular flexibility index (Phi) is 7.77. The van der Waals surface area contributed by atoms with E-state index in [1.807, 2.05) is 17.7 Å². The Morgan fingerprint density at radius 3 is 2.65 bits per heavy atom. The summed E-state index contributed by atoms with van der Waals surface area (Å²) in [7, 11) is -3.79. The van der Waals surface area contributed by atoms with Crippen LogP contribution in [0.4, 0.5) is 0 Å². The summed E-state index contributed by atoms with van der Waals surface area (Å²) >= 11 is 0. The van der Waals surface area contributed by atoms with Crippen LogP contribution < -0.4 is 10.6 Å². The molecule has 0 saturated carbocycles. The lowest BCUT2D eigenvalue weighted by Crippen LogP contribution is -2.53. The second-order valence-electron chi connectivity index (χ2n) is 7.23. The minimum absolute atomic E-state index is 0.119. The fourth-order valence-electron chi connectivity index (χ4n) is 3.17. The number of aryl methyl sites for hydroxylation is 2. The van der Waals surface area contributed by atoms with Gasteiger partial charge in [-0.3, -0.25) is 9.59 Å². The van der Waals surface area contributed by atoms with Crippen molar-refractivity contribution in [2.75, 3.05) is 26.2 Å². The van der Waals surface area contributed by atoms with Gasteiger partial charge in [-0.2, -0.15) is 4.31 Å². The standard InChI is InChI=1S/C20H27N5O5S/c1-16-4-6-17(7-5-16)31(28,29)25-11-3-13-30-18(25)14-23-20(27)19(26)22-8-2-10-24-12-9-21-15-24/h4-7,9,12,15,18H,2-3,8,10-11,13-14H2,1H3,(H,22,26)(H,23,27)/t18-/m0/s1. The molecule has 10 nitrogen and oxygen atoms in total. The Hall–Kier alpha value is -2.76. The molecule has 168 valence electrons. The first-order valence-corrected chi connectivity index (χ1v) is 11.5. The summed E-state index contributed by atoms with van der Waals surface area (Å²) in [6.45, 7) is 3.41. The number of ether oxygens (including phenoxy) is 1. The van der Waals surface area contributed by atoms with Gasteiger partial charge in [0.2, 0.25) is 10.0 Å². The summed E-state index contributed by atoms with van der Waals surface area (Å²) in [5.41, 5.74) is 0.952. The van der Waals surface area contributed by atoms with Gasteiger partial charge in [-0.05, 0) is 31.9 Å². The van der Waals surface area contributed by atoms with E-state index in [2.05, 4.69) is 15.6 Å². The third kappa shape index (κ3) is 6.12. The van der Waals surface area contributed by atoms with Crippen LogP contribution in [0.25, 0.3) is 0 Å². The van der Waals surface area contributed by atoms with Crippen molar-refractivity contribution in [3.05, 3.63) is 48.5 Å². The van der Waals surface area contributed by atoms with Gasteiger partial charge in [0, 0.05) is 32.0 Å². The Labute approximate surface area is 181 Å². The highest BCUT2D eigenvalue weighted by Gasteiger charge is 2.34. The van der Waals surface area contributed by atoms with Gasteiger partial charge in [-0.15, -0.1) is 0 Å². The van der Waals surface area contributed by atoms with Crippen LogP contribution in [-0.4, -0.2) is 66.6 Å². The van der Waals surface area contributed by atoms with Crippen LogP contribution in [0.15, 0.2) is 47.9 Å². The number of imidazole rings is 1. The van der Waals surface area contributed by atoms with Gasteiger partial charge in [0.15, 0.2) is 0 Å². The second kappa shape index (κ2) is 10.5. The topological polar surface area (TPSA) is 123 Å². The summed E-state index contributed by atoms with van der Waals surface area (Å²) in [5.74, 6) is -1.60. The zero-order valence-electron chi connectivity index (χ0n) is 17.4. The van der Waals surface area contributed by atoms with Gasteiger partial charge >= 0.3 is 11.8 Å². The van der Waals surface area contributed by atoms with Gasteiger partial charge in [-0.25, -0.2) is 13.4 Å². The second-order valence-corrected chi connectivity index (χ2v) is 9.12. The molecular weight excluding hydrogens is 422 g/mol. The van der Waals surface area contributed by atoms with Crippen molar-refractivity contribution in [3.63, 3.8) is 0 Å². The smallest absolute Gasteiger partial charge is 0.309 e. The summed E-state index contributed by atoms with van der Waals surface area (Å²) < 4.78 is 34.7. The van der Waals surface area contributed by atoms with E-state index in [1.165, 1.54) is 4.31 Å². The fraction of sp³-hybridized carbons (Fsp3) is 0.450. The van der Waals surface area contributed by atoms with Crippen LogP contribution in [0, 0.1) is 6.92 Å². The van der Waals surface area contributed by atoms with Gasteiger partial charge in [0.1, 0.15) is 6.23 Å². The number of rotatable bonds is 8.